The van der Waals surface area contributed by atoms with E-state index in [2.05, 4.69) is 52.2 Å². The van der Waals surface area contributed by atoms with Crippen molar-refractivity contribution in [2.75, 3.05) is 6.54 Å². The highest BCUT2D eigenvalue weighted by molar-refractivity contribution is 6.74. The first-order valence-corrected chi connectivity index (χ1v) is 13.2. The Kier molecular flexibility index (Phi) is 8.54. The van der Waals surface area contributed by atoms with Crippen LogP contribution in [0.2, 0.25) is 18.1 Å². The van der Waals surface area contributed by atoms with Gasteiger partial charge in [-0.15, -0.1) is 0 Å². The Morgan fingerprint density at radius 3 is 2.38 bits per heavy atom. The van der Waals surface area contributed by atoms with Gasteiger partial charge in [0.05, 0.1) is 6.10 Å². The normalized spacial score (nSPS) is 14.1. The van der Waals surface area contributed by atoms with Crippen molar-refractivity contribution >= 4 is 20.5 Å². The molecule has 1 rings (SSSR count). The standard InChI is InChI=1S/C23H39NO4Si/c1-17(28-29(8,9)23(5,6)7)10-11-18-12-13-20(25)16-19(18)14-15-24-21(26)27-22(2,3)4/h10-13,16-17,25H,14-15H2,1-9H3,(H,24,26)/b11-10+/t17-/m0/s1. The third kappa shape index (κ3) is 9.04. The molecule has 164 valence electrons. The number of phenolic OH excluding ortho intramolecular Hbond substituents is 1. The molecule has 0 bridgehead atoms. The number of amides is 1. The Morgan fingerprint density at radius 2 is 1.83 bits per heavy atom. The molecular weight excluding hydrogens is 382 g/mol. The number of hydrogen-bond acceptors (Lipinski definition) is 4. The van der Waals surface area contributed by atoms with Crippen LogP contribution in [0.5, 0.6) is 5.75 Å². The van der Waals surface area contributed by atoms with Gasteiger partial charge in [-0.3, -0.25) is 0 Å². The van der Waals surface area contributed by atoms with E-state index in [1.807, 2.05) is 32.9 Å². The molecule has 1 atom stereocenters. The maximum absolute atomic E-state index is 11.8. The van der Waals surface area contributed by atoms with Crippen molar-refractivity contribution in [2.45, 2.75) is 84.7 Å². The lowest BCUT2D eigenvalue weighted by molar-refractivity contribution is 0.0528. The van der Waals surface area contributed by atoms with Gasteiger partial charge in [0.1, 0.15) is 11.4 Å². The van der Waals surface area contributed by atoms with Crippen molar-refractivity contribution in [2.24, 2.45) is 0 Å². The van der Waals surface area contributed by atoms with Gasteiger partial charge in [-0.25, -0.2) is 4.79 Å². The van der Waals surface area contributed by atoms with Gasteiger partial charge in [-0.2, -0.15) is 0 Å². The average Bonchev–Trinajstić information content (AvgIpc) is 2.50. The quantitative estimate of drug-likeness (QED) is 0.539. The summed E-state index contributed by atoms with van der Waals surface area (Å²) in [6.07, 6.45) is 4.23. The SMILES string of the molecule is C[C@@H](/C=C/c1ccc(O)cc1CCNC(=O)OC(C)(C)C)O[Si](C)(C)C(C)(C)C. The zero-order valence-corrected chi connectivity index (χ0v) is 20.6. The second-order valence-corrected chi connectivity index (χ2v) is 14.8. The number of carbonyl (C=O) groups excluding carboxylic acids is 1. The largest absolute Gasteiger partial charge is 0.508 e. The lowest BCUT2D eigenvalue weighted by Crippen LogP contribution is -2.42. The summed E-state index contributed by atoms with van der Waals surface area (Å²) in [7, 11) is -1.83. The van der Waals surface area contributed by atoms with Gasteiger partial charge in [0.25, 0.3) is 0 Å². The predicted octanol–water partition coefficient (Wildman–Crippen LogP) is 5.88. The van der Waals surface area contributed by atoms with Crippen LogP contribution in [0.1, 0.15) is 59.6 Å². The summed E-state index contributed by atoms with van der Waals surface area (Å²) in [5.41, 5.74) is 1.43. The van der Waals surface area contributed by atoms with Crippen molar-refractivity contribution in [1.29, 1.82) is 0 Å². The third-order valence-electron chi connectivity index (χ3n) is 5.02. The highest BCUT2D eigenvalue weighted by Gasteiger charge is 2.38. The van der Waals surface area contributed by atoms with Crippen LogP contribution in [-0.4, -0.2) is 37.8 Å². The third-order valence-corrected chi connectivity index (χ3v) is 9.60. The highest BCUT2D eigenvalue weighted by atomic mass is 28.4. The molecule has 0 unspecified atom stereocenters. The lowest BCUT2D eigenvalue weighted by Gasteiger charge is -2.37. The molecule has 29 heavy (non-hydrogen) atoms. The van der Waals surface area contributed by atoms with E-state index in [0.29, 0.717) is 13.0 Å². The summed E-state index contributed by atoms with van der Waals surface area (Å²) in [5, 5.41) is 12.8. The fraction of sp³-hybridized carbons (Fsp3) is 0.609. The van der Waals surface area contributed by atoms with E-state index < -0.39 is 20.0 Å². The topological polar surface area (TPSA) is 67.8 Å². The number of nitrogens with one attached hydrogen (secondary N) is 1. The number of rotatable bonds is 7. The molecule has 1 amide bonds. The number of aromatic hydroxyl groups is 1. The van der Waals surface area contributed by atoms with Crippen molar-refractivity contribution in [3.05, 3.63) is 35.4 Å². The number of alkyl carbamates (subject to hydrolysis) is 1. The van der Waals surface area contributed by atoms with Crippen molar-refractivity contribution < 1.29 is 19.1 Å². The minimum absolute atomic E-state index is 0.00238. The molecule has 0 saturated carbocycles. The zero-order chi connectivity index (χ0) is 22.5. The van der Waals surface area contributed by atoms with E-state index in [4.69, 9.17) is 9.16 Å². The smallest absolute Gasteiger partial charge is 0.407 e. The van der Waals surface area contributed by atoms with Crippen LogP contribution in [0, 0.1) is 0 Å². The van der Waals surface area contributed by atoms with Crippen LogP contribution >= 0.6 is 0 Å². The van der Waals surface area contributed by atoms with E-state index >= 15 is 0 Å². The molecule has 1 aromatic carbocycles. The minimum Gasteiger partial charge on any atom is -0.508 e. The summed E-state index contributed by atoms with van der Waals surface area (Å²) in [5.74, 6) is 0.208. The van der Waals surface area contributed by atoms with Gasteiger partial charge in [-0.05, 0) is 75.5 Å². The van der Waals surface area contributed by atoms with Crippen molar-refractivity contribution in [3.63, 3.8) is 0 Å². The number of phenols is 1. The second-order valence-electron chi connectivity index (χ2n) is 10.0. The monoisotopic (exact) mass is 421 g/mol. The number of carbonyl (C=O) groups is 1. The van der Waals surface area contributed by atoms with Gasteiger partial charge in [0.2, 0.25) is 0 Å². The maximum atomic E-state index is 11.8. The molecule has 0 aliphatic heterocycles. The van der Waals surface area contributed by atoms with Gasteiger partial charge < -0.3 is 19.6 Å². The summed E-state index contributed by atoms with van der Waals surface area (Å²) < 4.78 is 11.6. The summed E-state index contributed by atoms with van der Waals surface area (Å²) in [6, 6.07) is 5.29. The maximum Gasteiger partial charge on any atom is 0.407 e. The highest BCUT2D eigenvalue weighted by Crippen LogP contribution is 2.37. The molecule has 6 heteroatoms. The molecule has 5 nitrogen and oxygen atoms in total. The Bertz CT molecular complexity index is 715. The Morgan fingerprint density at radius 1 is 1.21 bits per heavy atom. The fourth-order valence-electron chi connectivity index (χ4n) is 2.50. The molecule has 0 fully saturated rings. The van der Waals surface area contributed by atoms with Gasteiger partial charge in [-0.1, -0.05) is 39.0 Å². The minimum atomic E-state index is -1.83. The van der Waals surface area contributed by atoms with E-state index in [1.54, 1.807) is 12.1 Å². The molecule has 0 radical (unpaired) electrons. The number of benzene rings is 1. The Balaban J connectivity index is 2.78. The Hall–Kier alpha value is -1.79. The first-order chi connectivity index (χ1) is 13.1. The van der Waals surface area contributed by atoms with Crippen molar-refractivity contribution in [1.82, 2.24) is 5.32 Å². The van der Waals surface area contributed by atoms with Crippen LogP contribution in [0.15, 0.2) is 24.3 Å². The van der Waals surface area contributed by atoms with Crippen LogP contribution in [0.25, 0.3) is 6.08 Å². The van der Waals surface area contributed by atoms with Crippen molar-refractivity contribution in [3.8, 4) is 5.75 Å². The summed E-state index contributed by atoms with van der Waals surface area (Å²) in [4.78, 5) is 11.8. The van der Waals surface area contributed by atoms with Gasteiger partial charge in [0, 0.05) is 6.54 Å². The second kappa shape index (κ2) is 9.81. The number of hydrogen-bond donors (Lipinski definition) is 2. The zero-order valence-electron chi connectivity index (χ0n) is 19.6. The van der Waals surface area contributed by atoms with E-state index in [1.165, 1.54) is 0 Å². The molecule has 0 spiro atoms. The molecule has 0 aliphatic rings. The fourth-order valence-corrected chi connectivity index (χ4v) is 3.87. The molecule has 0 aliphatic carbocycles. The lowest BCUT2D eigenvalue weighted by atomic mass is 10.0. The summed E-state index contributed by atoms with van der Waals surface area (Å²) in [6.45, 7) is 19.1. The molecule has 0 heterocycles. The average molecular weight is 422 g/mol. The van der Waals surface area contributed by atoms with Gasteiger partial charge in [0.15, 0.2) is 8.32 Å². The first-order valence-electron chi connectivity index (χ1n) is 10.3. The molecule has 0 aromatic heterocycles. The van der Waals surface area contributed by atoms with E-state index in [-0.39, 0.29) is 16.9 Å². The van der Waals surface area contributed by atoms with E-state index in [0.717, 1.165) is 11.1 Å². The van der Waals surface area contributed by atoms with E-state index in [9.17, 15) is 9.90 Å². The van der Waals surface area contributed by atoms with Crippen LogP contribution in [0.4, 0.5) is 4.79 Å². The van der Waals surface area contributed by atoms with Gasteiger partial charge >= 0.3 is 6.09 Å². The summed E-state index contributed by atoms with van der Waals surface area (Å²) >= 11 is 0. The molecule has 2 N–H and O–H groups in total. The van der Waals surface area contributed by atoms with Crippen LogP contribution < -0.4 is 5.32 Å². The van der Waals surface area contributed by atoms with Crippen LogP contribution in [0.3, 0.4) is 0 Å². The van der Waals surface area contributed by atoms with Crippen LogP contribution in [-0.2, 0) is 15.6 Å². The Labute approximate surface area is 177 Å². The number of ether oxygens (including phenoxy) is 1. The molecular formula is C23H39NO4Si. The molecule has 0 saturated heterocycles. The first kappa shape index (κ1) is 25.2. The molecule has 1 aromatic rings. The predicted molar refractivity (Wildman–Crippen MR) is 123 cm³/mol.